The second kappa shape index (κ2) is 4.54. The van der Waals surface area contributed by atoms with Crippen LogP contribution >= 0.6 is 0 Å². The zero-order valence-corrected chi connectivity index (χ0v) is 9.77. The van der Waals surface area contributed by atoms with E-state index in [4.69, 9.17) is 5.26 Å². The zero-order valence-electron chi connectivity index (χ0n) is 9.77. The van der Waals surface area contributed by atoms with Gasteiger partial charge in [0.1, 0.15) is 0 Å². The molecule has 1 N–H and O–H groups in total. The number of rotatable bonds is 1. The van der Waals surface area contributed by atoms with Crippen molar-refractivity contribution in [1.82, 2.24) is 5.32 Å². The Kier molecular flexibility index (Phi) is 3.12. The molecule has 1 saturated heterocycles. The summed E-state index contributed by atoms with van der Waals surface area (Å²) in [5.41, 5.74) is 1.93. The monoisotopic (exact) mass is 215 g/mol. The molecule has 1 fully saturated rings. The van der Waals surface area contributed by atoms with Crippen molar-refractivity contribution >= 4 is 5.69 Å². The van der Waals surface area contributed by atoms with Crippen LogP contribution < -0.4 is 10.2 Å². The number of nitriles is 1. The molecule has 0 aromatic heterocycles. The van der Waals surface area contributed by atoms with Gasteiger partial charge in [-0.1, -0.05) is 0 Å². The highest BCUT2D eigenvalue weighted by Crippen LogP contribution is 2.20. The Morgan fingerprint density at radius 2 is 2.00 bits per heavy atom. The van der Waals surface area contributed by atoms with Crippen LogP contribution in [-0.2, 0) is 0 Å². The van der Waals surface area contributed by atoms with Gasteiger partial charge in [0.05, 0.1) is 11.6 Å². The Labute approximate surface area is 96.7 Å². The zero-order chi connectivity index (χ0) is 11.5. The first kappa shape index (κ1) is 11.0. The lowest BCUT2D eigenvalue weighted by Crippen LogP contribution is -2.54. The Hall–Kier alpha value is -1.53. The molecule has 84 valence electrons. The molecule has 1 aromatic rings. The van der Waals surface area contributed by atoms with Crippen molar-refractivity contribution in [3.63, 3.8) is 0 Å². The smallest absolute Gasteiger partial charge is 0.0991 e. The summed E-state index contributed by atoms with van der Waals surface area (Å²) in [7, 11) is 0. The number of nitrogens with zero attached hydrogens (tertiary/aromatic N) is 2. The van der Waals surface area contributed by atoms with Crippen LogP contribution in [0.15, 0.2) is 24.3 Å². The summed E-state index contributed by atoms with van der Waals surface area (Å²) in [5.74, 6) is 0. The van der Waals surface area contributed by atoms with Crippen LogP contribution in [0.25, 0.3) is 0 Å². The molecule has 3 nitrogen and oxygen atoms in total. The summed E-state index contributed by atoms with van der Waals surface area (Å²) in [6.45, 7) is 6.45. The van der Waals surface area contributed by atoms with Crippen LogP contribution in [0.1, 0.15) is 19.4 Å². The van der Waals surface area contributed by atoms with E-state index in [1.165, 1.54) is 5.69 Å². The lowest BCUT2D eigenvalue weighted by atomic mass is 10.1. The standard InChI is InChI=1S/C13H17N3/c1-10-9-16(11(2)8-15-10)13-5-3-12(7-14)4-6-13/h3-6,10-11,15H,8-9H2,1-2H3/t10-,11+/m0/s1. The second-order valence-electron chi connectivity index (χ2n) is 4.47. The normalized spacial score (nSPS) is 25.2. The average molecular weight is 215 g/mol. The molecule has 1 aliphatic heterocycles. The Balaban J connectivity index is 2.18. The highest BCUT2D eigenvalue weighted by Gasteiger charge is 2.22. The van der Waals surface area contributed by atoms with Crippen molar-refractivity contribution < 1.29 is 0 Å². The summed E-state index contributed by atoms with van der Waals surface area (Å²) in [5, 5.41) is 12.2. The van der Waals surface area contributed by atoms with E-state index in [-0.39, 0.29) is 0 Å². The summed E-state index contributed by atoms with van der Waals surface area (Å²) >= 11 is 0. The molecule has 2 atom stereocenters. The van der Waals surface area contributed by atoms with Gasteiger partial charge in [-0.2, -0.15) is 5.26 Å². The van der Waals surface area contributed by atoms with Gasteiger partial charge in [0.25, 0.3) is 0 Å². The van der Waals surface area contributed by atoms with Crippen LogP contribution in [-0.4, -0.2) is 25.2 Å². The van der Waals surface area contributed by atoms with Crippen LogP contribution in [0.2, 0.25) is 0 Å². The number of benzene rings is 1. The fourth-order valence-electron chi connectivity index (χ4n) is 2.11. The SMILES string of the molecule is C[C@@H]1CN[C@@H](C)CN1c1ccc(C#N)cc1. The fraction of sp³-hybridized carbons (Fsp3) is 0.462. The number of hydrogen-bond acceptors (Lipinski definition) is 3. The maximum absolute atomic E-state index is 8.76. The first-order valence-electron chi connectivity index (χ1n) is 5.71. The molecule has 0 amide bonds. The summed E-state index contributed by atoms with van der Waals surface area (Å²) in [4.78, 5) is 2.39. The van der Waals surface area contributed by atoms with Gasteiger partial charge in [-0.05, 0) is 38.1 Å². The maximum atomic E-state index is 8.76. The largest absolute Gasteiger partial charge is 0.366 e. The molecule has 0 bridgehead atoms. The molecule has 0 spiro atoms. The van der Waals surface area contributed by atoms with Crippen molar-refractivity contribution in [2.75, 3.05) is 18.0 Å². The molecular weight excluding hydrogens is 198 g/mol. The van der Waals surface area contributed by atoms with Crippen LogP contribution in [0, 0.1) is 11.3 Å². The molecule has 1 heterocycles. The lowest BCUT2D eigenvalue weighted by molar-refractivity contribution is 0.425. The second-order valence-corrected chi connectivity index (χ2v) is 4.47. The molecule has 0 aliphatic carbocycles. The van der Waals surface area contributed by atoms with Gasteiger partial charge in [-0.3, -0.25) is 0 Å². The van der Waals surface area contributed by atoms with Crippen molar-refractivity contribution in [2.24, 2.45) is 0 Å². The van der Waals surface area contributed by atoms with E-state index in [1.807, 2.05) is 24.3 Å². The van der Waals surface area contributed by atoms with Gasteiger partial charge in [0.2, 0.25) is 0 Å². The minimum atomic E-state index is 0.504. The molecular formula is C13H17N3. The van der Waals surface area contributed by atoms with E-state index in [9.17, 15) is 0 Å². The Morgan fingerprint density at radius 3 is 2.62 bits per heavy atom. The van der Waals surface area contributed by atoms with Crippen molar-refractivity contribution in [1.29, 1.82) is 5.26 Å². The fourth-order valence-corrected chi connectivity index (χ4v) is 2.11. The number of nitrogens with one attached hydrogen (secondary N) is 1. The molecule has 0 saturated carbocycles. The first-order chi connectivity index (χ1) is 7.70. The van der Waals surface area contributed by atoms with E-state index in [1.54, 1.807) is 0 Å². The maximum Gasteiger partial charge on any atom is 0.0991 e. The molecule has 0 radical (unpaired) electrons. The summed E-state index contributed by atoms with van der Waals surface area (Å²) in [6, 6.07) is 11.0. The van der Waals surface area contributed by atoms with Crippen molar-refractivity contribution in [3.05, 3.63) is 29.8 Å². The first-order valence-corrected chi connectivity index (χ1v) is 5.71. The highest BCUT2D eigenvalue weighted by atomic mass is 15.2. The summed E-state index contributed by atoms with van der Waals surface area (Å²) < 4.78 is 0. The number of hydrogen-bond donors (Lipinski definition) is 1. The molecule has 1 aromatic carbocycles. The minimum Gasteiger partial charge on any atom is -0.366 e. The third kappa shape index (κ3) is 2.17. The van der Waals surface area contributed by atoms with Gasteiger partial charge in [0, 0.05) is 30.9 Å². The summed E-state index contributed by atoms with van der Waals surface area (Å²) in [6.07, 6.45) is 0. The molecule has 16 heavy (non-hydrogen) atoms. The number of anilines is 1. The van der Waals surface area contributed by atoms with Crippen LogP contribution in [0.5, 0.6) is 0 Å². The molecule has 2 rings (SSSR count). The number of piperazine rings is 1. The van der Waals surface area contributed by atoms with Crippen molar-refractivity contribution in [2.45, 2.75) is 25.9 Å². The van der Waals surface area contributed by atoms with Gasteiger partial charge >= 0.3 is 0 Å². The average Bonchev–Trinajstić information content (AvgIpc) is 2.32. The van der Waals surface area contributed by atoms with Crippen LogP contribution in [0.4, 0.5) is 5.69 Å². The predicted octanol–water partition coefficient (Wildman–Crippen LogP) is 1.74. The van der Waals surface area contributed by atoms with Crippen molar-refractivity contribution in [3.8, 4) is 6.07 Å². The van der Waals surface area contributed by atoms with E-state index in [0.717, 1.165) is 18.7 Å². The Morgan fingerprint density at radius 1 is 1.31 bits per heavy atom. The highest BCUT2D eigenvalue weighted by molar-refractivity contribution is 5.51. The van der Waals surface area contributed by atoms with Gasteiger partial charge in [-0.15, -0.1) is 0 Å². The third-order valence-corrected chi connectivity index (χ3v) is 3.09. The topological polar surface area (TPSA) is 39.1 Å². The van der Waals surface area contributed by atoms with E-state index in [0.29, 0.717) is 12.1 Å². The van der Waals surface area contributed by atoms with E-state index >= 15 is 0 Å². The van der Waals surface area contributed by atoms with E-state index < -0.39 is 0 Å². The predicted molar refractivity (Wildman–Crippen MR) is 65.4 cm³/mol. The molecule has 1 aliphatic rings. The third-order valence-electron chi connectivity index (χ3n) is 3.09. The van der Waals surface area contributed by atoms with Gasteiger partial charge in [-0.25, -0.2) is 0 Å². The molecule has 3 heteroatoms. The Bertz CT molecular complexity index is 391. The quantitative estimate of drug-likeness (QED) is 0.775. The lowest BCUT2D eigenvalue weighted by Gasteiger charge is -2.39. The van der Waals surface area contributed by atoms with Crippen LogP contribution in [0.3, 0.4) is 0 Å². The minimum absolute atomic E-state index is 0.504. The van der Waals surface area contributed by atoms with Gasteiger partial charge < -0.3 is 10.2 Å². The van der Waals surface area contributed by atoms with Gasteiger partial charge in [0.15, 0.2) is 0 Å². The van der Waals surface area contributed by atoms with E-state index in [2.05, 4.69) is 30.1 Å². The molecule has 0 unspecified atom stereocenters.